The summed E-state index contributed by atoms with van der Waals surface area (Å²) in [6.07, 6.45) is 2.73. The van der Waals surface area contributed by atoms with Crippen molar-refractivity contribution in [2.24, 2.45) is 0 Å². The highest BCUT2D eigenvalue weighted by Crippen LogP contribution is 2.23. The summed E-state index contributed by atoms with van der Waals surface area (Å²) in [5.74, 6) is -0.579. The zero-order valence-corrected chi connectivity index (χ0v) is 17.3. The molecule has 8 heteroatoms. The number of hydrogen-bond donors (Lipinski definition) is 2. The van der Waals surface area contributed by atoms with E-state index in [1.54, 1.807) is 24.4 Å². The van der Waals surface area contributed by atoms with Gasteiger partial charge in [-0.05, 0) is 56.7 Å². The molecule has 0 aliphatic carbocycles. The topological polar surface area (TPSA) is 100 Å². The lowest BCUT2D eigenvalue weighted by atomic mass is 10.1. The number of aromatic amines is 1. The first-order valence-corrected chi connectivity index (χ1v) is 9.84. The number of amides is 1. The first-order chi connectivity index (χ1) is 14.4. The predicted octanol–water partition coefficient (Wildman–Crippen LogP) is 2.39. The molecular formula is C22H25N5O3. The number of aromatic nitrogens is 3. The Hall–Kier alpha value is -3.68. The van der Waals surface area contributed by atoms with Crippen LogP contribution in [-0.4, -0.2) is 33.5 Å². The highest BCUT2D eigenvalue weighted by atomic mass is 16.2. The van der Waals surface area contributed by atoms with Crippen LogP contribution in [0.2, 0.25) is 0 Å². The van der Waals surface area contributed by atoms with Crippen LogP contribution in [0, 0.1) is 6.92 Å². The number of hydrogen-bond acceptors (Lipinski definition) is 5. The number of H-pyrrole nitrogens is 1. The van der Waals surface area contributed by atoms with Crippen LogP contribution in [-0.2, 0) is 6.54 Å². The molecule has 0 saturated heterocycles. The molecule has 156 valence electrons. The Morgan fingerprint density at radius 2 is 1.93 bits per heavy atom. The molecule has 1 aromatic carbocycles. The molecule has 3 aromatic rings. The fourth-order valence-corrected chi connectivity index (χ4v) is 3.23. The molecule has 1 amide bonds. The van der Waals surface area contributed by atoms with Gasteiger partial charge in [0.25, 0.3) is 11.5 Å². The Labute approximate surface area is 174 Å². The smallest absolute Gasteiger partial charge is 0.328 e. The van der Waals surface area contributed by atoms with Gasteiger partial charge in [-0.1, -0.05) is 6.07 Å². The van der Waals surface area contributed by atoms with Gasteiger partial charge in [0.15, 0.2) is 0 Å². The van der Waals surface area contributed by atoms with Crippen molar-refractivity contribution in [2.45, 2.75) is 27.3 Å². The van der Waals surface area contributed by atoms with Crippen molar-refractivity contribution in [3.05, 3.63) is 86.5 Å². The molecule has 2 aromatic heterocycles. The van der Waals surface area contributed by atoms with Gasteiger partial charge >= 0.3 is 5.69 Å². The number of pyridine rings is 1. The summed E-state index contributed by atoms with van der Waals surface area (Å²) in [4.78, 5) is 46.5. The van der Waals surface area contributed by atoms with Gasteiger partial charge in [-0.25, -0.2) is 4.79 Å². The third-order valence-electron chi connectivity index (χ3n) is 4.94. The Morgan fingerprint density at radius 3 is 2.57 bits per heavy atom. The molecule has 0 bridgehead atoms. The summed E-state index contributed by atoms with van der Waals surface area (Å²) >= 11 is 0. The minimum atomic E-state index is -0.667. The maximum atomic E-state index is 12.8. The second-order valence-electron chi connectivity index (χ2n) is 6.85. The van der Waals surface area contributed by atoms with Crippen molar-refractivity contribution in [1.82, 2.24) is 14.5 Å². The third-order valence-corrected chi connectivity index (χ3v) is 4.94. The van der Waals surface area contributed by atoms with Crippen LogP contribution in [0.15, 0.2) is 58.4 Å². The second-order valence-corrected chi connectivity index (χ2v) is 6.85. The van der Waals surface area contributed by atoms with Crippen LogP contribution in [0.5, 0.6) is 0 Å². The van der Waals surface area contributed by atoms with Crippen molar-refractivity contribution < 1.29 is 4.79 Å². The normalized spacial score (nSPS) is 10.6. The van der Waals surface area contributed by atoms with Gasteiger partial charge in [0.2, 0.25) is 0 Å². The van der Waals surface area contributed by atoms with Gasteiger partial charge in [-0.3, -0.25) is 19.1 Å². The lowest BCUT2D eigenvalue weighted by Gasteiger charge is -2.22. The average Bonchev–Trinajstić information content (AvgIpc) is 2.74. The molecule has 0 radical (unpaired) electrons. The summed E-state index contributed by atoms with van der Waals surface area (Å²) in [7, 11) is 0. The number of rotatable bonds is 7. The number of carbonyl (C=O) groups excluding carboxylic acids is 1. The fourth-order valence-electron chi connectivity index (χ4n) is 3.23. The van der Waals surface area contributed by atoms with Crippen LogP contribution < -0.4 is 21.5 Å². The van der Waals surface area contributed by atoms with E-state index in [0.29, 0.717) is 11.4 Å². The minimum absolute atomic E-state index is 0.0201. The van der Waals surface area contributed by atoms with E-state index >= 15 is 0 Å². The molecule has 0 spiro atoms. The maximum absolute atomic E-state index is 12.8. The van der Waals surface area contributed by atoms with E-state index in [-0.39, 0.29) is 12.1 Å². The van der Waals surface area contributed by atoms with Gasteiger partial charge in [-0.15, -0.1) is 0 Å². The summed E-state index contributed by atoms with van der Waals surface area (Å²) in [5.41, 5.74) is 1.70. The maximum Gasteiger partial charge on any atom is 0.328 e. The van der Waals surface area contributed by atoms with Gasteiger partial charge in [0, 0.05) is 36.9 Å². The summed E-state index contributed by atoms with van der Waals surface area (Å²) in [6, 6.07) is 11.0. The molecule has 2 N–H and O–H groups in total. The Morgan fingerprint density at radius 1 is 1.17 bits per heavy atom. The quantitative estimate of drug-likeness (QED) is 0.626. The lowest BCUT2D eigenvalue weighted by molar-refractivity contribution is 0.102. The largest absolute Gasteiger partial charge is 0.372 e. The van der Waals surface area contributed by atoms with E-state index in [0.717, 1.165) is 35.1 Å². The average molecular weight is 407 g/mol. The number of carbonyl (C=O) groups is 1. The van der Waals surface area contributed by atoms with E-state index in [9.17, 15) is 14.4 Å². The van der Waals surface area contributed by atoms with Crippen molar-refractivity contribution in [1.29, 1.82) is 0 Å². The Bertz CT molecular complexity index is 1150. The van der Waals surface area contributed by atoms with Crippen molar-refractivity contribution in [3.63, 3.8) is 0 Å². The standard InChI is InChI=1S/C22H25N5O3/c1-4-26(5-2)17-9-10-19(15(3)12-17)25-20(28)18-13-24-22(30)27(21(18)29)14-16-8-6-7-11-23-16/h6-13H,4-5,14H2,1-3H3,(H,24,30)(H,25,28). The molecule has 0 atom stereocenters. The number of anilines is 2. The fraction of sp³-hybridized carbons (Fsp3) is 0.273. The Balaban J connectivity index is 1.87. The molecule has 8 nitrogen and oxygen atoms in total. The first-order valence-electron chi connectivity index (χ1n) is 9.84. The van der Waals surface area contributed by atoms with Gasteiger partial charge in [0.05, 0.1) is 12.2 Å². The van der Waals surface area contributed by atoms with Crippen LogP contribution in [0.25, 0.3) is 0 Å². The van der Waals surface area contributed by atoms with Crippen LogP contribution in [0.4, 0.5) is 11.4 Å². The van der Waals surface area contributed by atoms with Crippen LogP contribution in [0.1, 0.15) is 35.5 Å². The third kappa shape index (κ3) is 4.48. The number of nitrogens with one attached hydrogen (secondary N) is 2. The van der Waals surface area contributed by atoms with Gasteiger partial charge in [0.1, 0.15) is 5.56 Å². The zero-order valence-electron chi connectivity index (χ0n) is 17.3. The van der Waals surface area contributed by atoms with Gasteiger partial charge < -0.3 is 15.2 Å². The molecule has 3 rings (SSSR count). The van der Waals surface area contributed by atoms with Crippen molar-refractivity contribution in [2.75, 3.05) is 23.3 Å². The molecule has 30 heavy (non-hydrogen) atoms. The summed E-state index contributed by atoms with van der Waals surface area (Å²) < 4.78 is 0.966. The summed E-state index contributed by atoms with van der Waals surface area (Å²) in [5, 5.41) is 2.77. The predicted molar refractivity (Wildman–Crippen MR) is 117 cm³/mol. The zero-order chi connectivity index (χ0) is 21.7. The van der Waals surface area contributed by atoms with Crippen molar-refractivity contribution >= 4 is 17.3 Å². The van der Waals surface area contributed by atoms with Gasteiger partial charge in [-0.2, -0.15) is 0 Å². The molecule has 0 fully saturated rings. The highest BCUT2D eigenvalue weighted by molar-refractivity contribution is 6.04. The van der Waals surface area contributed by atoms with E-state index in [1.165, 1.54) is 0 Å². The number of benzene rings is 1. The first kappa shape index (κ1) is 21.0. The monoisotopic (exact) mass is 407 g/mol. The minimum Gasteiger partial charge on any atom is -0.372 e. The van der Waals surface area contributed by atoms with E-state index in [4.69, 9.17) is 0 Å². The van der Waals surface area contributed by atoms with E-state index in [1.807, 2.05) is 25.1 Å². The summed E-state index contributed by atoms with van der Waals surface area (Å²) in [6.45, 7) is 7.81. The Kier molecular flexibility index (Phi) is 6.46. The number of aryl methyl sites for hydroxylation is 1. The molecule has 2 heterocycles. The van der Waals surface area contributed by atoms with Crippen LogP contribution in [0.3, 0.4) is 0 Å². The number of nitrogens with zero attached hydrogens (tertiary/aromatic N) is 3. The SMILES string of the molecule is CCN(CC)c1ccc(NC(=O)c2c[nH]c(=O)n(Cc3ccccn3)c2=O)c(C)c1. The van der Waals surface area contributed by atoms with Crippen LogP contribution >= 0.6 is 0 Å². The van der Waals surface area contributed by atoms with E-state index in [2.05, 4.69) is 34.0 Å². The second kappa shape index (κ2) is 9.21. The molecule has 0 aliphatic heterocycles. The molecule has 0 unspecified atom stereocenters. The molecular weight excluding hydrogens is 382 g/mol. The van der Waals surface area contributed by atoms with E-state index < -0.39 is 17.2 Å². The molecule has 0 saturated carbocycles. The highest BCUT2D eigenvalue weighted by Gasteiger charge is 2.16. The van der Waals surface area contributed by atoms with Crippen molar-refractivity contribution in [3.8, 4) is 0 Å². The lowest BCUT2D eigenvalue weighted by Crippen LogP contribution is -2.39. The molecule has 0 aliphatic rings.